The second kappa shape index (κ2) is 8.61. The minimum Gasteiger partial charge on any atom is -0.385 e. The van der Waals surface area contributed by atoms with Crippen LogP contribution in [-0.2, 0) is 0 Å². The lowest BCUT2D eigenvalue weighted by molar-refractivity contribution is -0.384. The topological polar surface area (TPSA) is 72.2 Å². The van der Waals surface area contributed by atoms with E-state index in [9.17, 15) is 14.9 Å². The summed E-state index contributed by atoms with van der Waals surface area (Å²) in [5.74, 6) is 0.591. The number of nitro groups is 1. The molecule has 136 valence electrons. The Morgan fingerprint density at radius 2 is 1.81 bits per heavy atom. The molecule has 0 saturated heterocycles. The Morgan fingerprint density at radius 3 is 2.50 bits per heavy atom. The summed E-state index contributed by atoms with van der Waals surface area (Å²) in [6.45, 7) is 0.504. The van der Waals surface area contributed by atoms with Crippen LogP contribution in [0.4, 0.5) is 11.4 Å². The highest BCUT2D eigenvalue weighted by molar-refractivity contribution is 5.96. The first-order valence-corrected chi connectivity index (χ1v) is 9.25. The Bertz CT molecular complexity index is 765. The number of carbonyl (C=O) groups excluding carboxylic acids is 1. The van der Waals surface area contributed by atoms with E-state index >= 15 is 0 Å². The molecule has 2 aromatic carbocycles. The molecule has 0 atom stereocenters. The van der Waals surface area contributed by atoms with E-state index in [2.05, 4.69) is 29.6 Å². The first-order valence-electron chi connectivity index (χ1n) is 9.25. The molecule has 5 nitrogen and oxygen atoms in total. The molecule has 1 saturated carbocycles. The van der Waals surface area contributed by atoms with Crippen molar-refractivity contribution in [2.75, 3.05) is 11.9 Å². The second-order valence-electron chi connectivity index (χ2n) is 6.86. The Labute approximate surface area is 153 Å². The lowest BCUT2D eigenvalue weighted by atomic mass is 9.84. The standard InChI is InChI=1S/C21H24N2O3/c24-21(18-7-4-8-20(15-18)23(25)26)13-14-22-19-11-9-17(10-12-19)16-5-2-1-3-6-16/h4,7-12,15-16,22H,1-3,5-6,13-14H2. The van der Waals surface area contributed by atoms with Crippen LogP contribution in [0.3, 0.4) is 0 Å². The number of hydrogen-bond donors (Lipinski definition) is 1. The fraction of sp³-hybridized carbons (Fsp3) is 0.381. The molecule has 0 spiro atoms. The van der Waals surface area contributed by atoms with Crippen LogP contribution in [-0.4, -0.2) is 17.3 Å². The van der Waals surface area contributed by atoms with Crippen molar-refractivity contribution in [3.8, 4) is 0 Å². The van der Waals surface area contributed by atoms with Gasteiger partial charge in [0.05, 0.1) is 4.92 Å². The number of nitrogens with zero attached hydrogens (tertiary/aromatic N) is 1. The third-order valence-corrected chi connectivity index (χ3v) is 5.05. The highest BCUT2D eigenvalue weighted by atomic mass is 16.6. The summed E-state index contributed by atoms with van der Waals surface area (Å²) in [6, 6.07) is 14.4. The average molecular weight is 352 g/mol. The zero-order valence-corrected chi connectivity index (χ0v) is 14.8. The zero-order valence-electron chi connectivity index (χ0n) is 14.8. The maximum Gasteiger partial charge on any atom is 0.270 e. The molecule has 5 heteroatoms. The van der Waals surface area contributed by atoms with Gasteiger partial charge in [-0.15, -0.1) is 0 Å². The lowest BCUT2D eigenvalue weighted by Crippen LogP contribution is -2.09. The number of benzene rings is 2. The van der Waals surface area contributed by atoms with Crippen molar-refractivity contribution in [1.29, 1.82) is 0 Å². The van der Waals surface area contributed by atoms with Crippen LogP contribution in [0.25, 0.3) is 0 Å². The van der Waals surface area contributed by atoms with Gasteiger partial charge in [-0.05, 0) is 36.5 Å². The van der Waals surface area contributed by atoms with Gasteiger partial charge in [-0.3, -0.25) is 14.9 Å². The molecule has 0 radical (unpaired) electrons. The molecule has 1 N–H and O–H groups in total. The Balaban J connectivity index is 1.50. The average Bonchev–Trinajstić information content (AvgIpc) is 2.69. The van der Waals surface area contributed by atoms with E-state index in [1.165, 1.54) is 49.8 Å². The van der Waals surface area contributed by atoms with Crippen molar-refractivity contribution in [3.05, 3.63) is 69.8 Å². The summed E-state index contributed by atoms with van der Waals surface area (Å²) < 4.78 is 0. The normalized spacial score (nSPS) is 14.8. The van der Waals surface area contributed by atoms with Crippen molar-refractivity contribution in [3.63, 3.8) is 0 Å². The van der Waals surface area contributed by atoms with Crippen molar-refractivity contribution < 1.29 is 9.72 Å². The molecular weight excluding hydrogens is 328 g/mol. The number of ketones is 1. The van der Waals surface area contributed by atoms with Crippen LogP contribution in [0.5, 0.6) is 0 Å². The van der Waals surface area contributed by atoms with E-state index in [-0.39, 0.29) is 11.5 Å². The van der Waals surface area contributed by atoms with E-state index in [4.69, 9.17) is 0 Å². The van der Waals surface area contributed by atoms with Gasteiger partial charge in [-0.25, -0.2) is 0 Å². The van der Waals surface area contributed by atoms with Gasteiger partial charge in [0.2, 0.25) is 0 Å². The Kier molecular flexibility index (Phi) is 6.00. The van der Waals surface area contributed by atoms with E-state index in [1.807, 2.05) is 0 Å². The van der Waals surface area contributed by atoms with Crippen LogP contribution in [0, 0.1) is 10.1 Å². The van der Waals surface area contributed by atoms with Crippen molar-refractivity contribution >= 4 is 17.2 Å². The first kappa shape index (κ1) is 18.1. The van der Waals surface area contributed by atoms with Crippen LogP contribution in [0.1, 0.15) is 60.4 Å². The summed E-state index contributed by atoms with van der Waals surface area (Å²) in [7, 11) is 0. The van der Waals surface area contributed by atoms with Gasteiger partial charge in [0.15, 0.2) is 5.78 Å². The van der Waals surface area contributed by atoms with Gasteiger partial charge < -0.3 is 5.32 Å². The molecular formula is C21H24N2O3. The van der Waals surface area contributed by atoms with Gasteiger partial charge >= 0.3 is 0 Å². The quantitative estimate of drug-likeness (QED) is 0.415. The van der Waals surface area contributed by atoms with E-state index in [0.717, 1.165) is 5.69 Å². The molecule has 0 heterocycles. The molecule has 3 rings (SSSR count). The summed E-state index contributed by atoms with van der Waals surface area (Å²) in [6.07, 6.45) is 6.87. The molecule has 0 aromatic heterocycles. The number of rotatable bonds is 7. The van der Waals surface area contributed by atoms with Crippen molar-refractivity contribution in [1.82, 2.24) is 0 Å². The second-order valence-corrected chi connectivity index (χ2v) is 6.86. The molecule has 26 heavy (non-hydrogen) atoms. The van der Waals surface area contributed by atoms with Crippen molar-refractivity contribution in [2.45, 2.75) is 44.4 Å². The summed E-state index contributed by atoms with van der Waals surface area (Å²) >= 11 is 0. The minimum atomic E-state index is -0.483. The molecule has 0 amide bonds. The van der Waals surface area contributed by atoms with Gasteiger partial charge in [-0.1, -0.05) is 43.5 Å². The maximum atomic E-state index is 12.2. The van der Waals surface area contributed by atoms with Gasteiger partial charge in [-0.2, -0.15) is 0 Å². The SMILES string of the molecule is O=C(CCNc1ccc(C2CCCCC2)cc1)c1cccc([N+](=O)[O-])c1. The predicted molar refractivity (Wildman–Crippen MR) is 103 cm³/mol. The molecule has 1 aliphatic carbocycles. The lowest BCUT2D eigenvalue weighted by Gasteiger charge is -2.22. The van der Waals surface area contributed by atoms with E-state index in [1.54, 1.807) is 12.1 Å². The zero-order chi connectivity index (χ0) is 18.4. The fourth-order valence-corrected chi connectivity index (χ4v) is 3.57. The monoisotopic (exact) mass is 352 g/mol. The number of hydrogen-bond acceptors (Lipinski definition) is 4. The molecule has 0 aliphatic heterocycles. The Morgan fingerprint density at radius 1 is 1.08 bits per heavy atom. The Hall–Kier alpha value is -2.69. The maximum absolute atomic E-state index is 12.2. The molecule has 1 aliphatic rings. The third kappa shape index (κ3) is 4.69. The molecule has 0 bridgehead atoms. The van der Waals surface area contributed by atoms with Crippen LogP contribution in [0.15, 0.2) is 48.5 Å². The summed E-state index contributed by atoms with van der Waals surface area (Å²) in [5, 5.41) is 14.1. The number of carbonyl (C=O) groups is 1. The smallest absolute Gasteiger partial charge is 0.270 e. The third-order valence-electron chi connectivity index (χ3n) is 5.05. The molecule has 2 aromatic rings. The molecule has 0 unspecified atom stereocenters. The van der Waals surface area contributed by atoms with E-state index < -0.39 is 4.92 Å². The number of nitrogens with one attached hydrogen (secondary N) is 1. The minimum absolute atomic E-state index is 0.0536. The van der Waals surface area contributed by atoms with Gasteiger partial charge in [0.25, 0.3) is 5.69 Å². The fourth-order valence-electron chi connectivity index (χ4n) is 3.57. The van der Waals surface area contributed by atoms with Crippen molar-refractivity contribution in [2.24, 2.45) is 0 Å². The van der Waals surface area contributed by atoms with E-state index in [0.29, 0.717) is 24.4 Å². The number of anilines is 1. The number of Topliss-reactive ketones (excluding diaryl/α,β-unsaturated/α-hetero) is 1. The predicted octanol–water partition coefficient (Wildman–Crippen LogP) is 5.33. The van der Waals surface area contributed by atoms with Gasteiger partial charge in [0.1, 0.15) is 0 Å². The number of nitro benzene ring substituents is 1. The number of non-ortho nitro benzene ring substituents is 1. The summed E-state index contributed by atoms with van der Waals surface area (Å²) in [5.41, 5.74) is 2.73. The highest BCUT2D eigenvalue weighted by Crippen LogP contribution is 2.32. The summed E-state index contributed by atoms with van der Waals surface area (Å²) in [4.78, 5) is 22.5. The van der Waals surface area contributed by atoms with Crippen LogP contribution in [0.2, 0.25) is 0 Å². The van der Waals surface area contributed by atoms with Crippen LogP contribution < -0.4 is 5.32 Å². The molecule has 1 fully saturated rings. The van der Waals surface area contributed by atoms with Gasteiger partial charge in [0, 0.05) is 36.3 Å². The van der Waals surface area contributed by atoms with Crippen LogP contribution >= 0.6 is 0 Å². The first-order chi connectivity index (χ1) is 12.6. The highest BCUT2D eigenvalue weighted by Gasteiger charge is 2.15. The largest absolute Gasteiger partial charge is 0.385 e.